The fourth-order valence-corrected chi connectivity index (χ4v) is 1.65. The molecule has 0 aliphatic heterocycles. The Morgan fingerprint density at radius 3 is 1.88 bits per heavy atom. The van der Waals surface area contributed by atoms with Crippen molar-refractivity contribution in [2.24, 2.45) is 0 Å². The van der Waals surface area contributed by atoms with E-state index in [9.17, 15) is 8.42 Å². The lowest BCUT2D eigenvalue weighted by Crippen LogP contribution is -1.89. The van der Waals surface area contributed by atoms with Crippen LogP contribution in [-0.4, -0.2) is 8.42 Å². The Hall–Kier alpha value is -0.0500. The number of thiol groups is 1. The Balaban J connectivity index is 2.47. The van der Waals surface area contributed by atoms with E-state index in [1.165, 1.54) is 0 Å². The molecule has 0 aromatic heterocycles. The van der Waals surface area contributed by atoms with Gasteiger partial charge < -0.3 is 0 Å². The monoisotopic (exact) mass is 133 g/mol. The number of hydrogen-bond acceptors (Lipinski definition) is 2. The normalized spacial score (nSPS) is 22.6. The van der Waals surface area contributed by atoms with Crippen LogP contribution in [0.25, 0.3) is 0 Å². The zero-order valence-electron chi connectivity index (χ0n) is 4.59. The maximum atomic E-state index is 10.2. The topological polar surface area (TPSA) is 34.1 Å². The van der Waals surface area contributed by atoms with E-state index in [-0.39, 0.29) is 0 Å². The van der Waals surface area contributed by atoms with E-state index in [1.54, 1.807) is 0 Å². The minimum atomic E-state index is -2.18. The van der Waals surface area contributed by atoms with Crippen LogP contribution in [0.4, 0.5) is 0 Å². The maximum Gasteiger partial charge on any atom is 0.147 e. The summed E-state index contributed by atoms with van der Waals surface area (Å²) >= 11 is 0. The third-order valence-electron chi connectivity index (χ3n) is 1.44. The van der Waals surface area contributed by atoms with Gasteiger partial charge in [-0.2, -0.15) is 0 Å². The molecule has 8 heavy (non-hydrogen) atoms. The number of hydrogen-bond donors (Lipinski definition) is 1. The van der Waals surface area contributed by atoms with E-state index in [1.807, 2.05) is 0 Å². The van der Waals surface area contributed by atoms with Gasteiger partial charge in [-0.05, 0) is 12.8 Å². The van der Waals surface area contributed by atoms with Crippen LogP contribution in [-0.2, 0) is 10.7 Å². The molecular formula is C5H9O2S. The largest absolute Gasteiger partial charge is 0.231 e. The zero-order chi connectivity index (χ0) is 5.98. The second-order valence-corrected chi connectivity index (χ2v) is 3.18. The van der Waals surface area contributed by atoms with Crippen molar-refractivity contribution in [3.63, 3.8) is 0 Å². The molecule has 47 valence electrons. The van der Waals surface area contributed by atoms with Gasteiger partial charge in [-0.1, -0.05) is 12.8 Å². The van der Waals surface area contributed by atoms with Crippen LogP contribution in [0, 0.1) is 5.25 Å². The Morgan fingerprint density at radius 1 is 1.12 bits per heavy atom. The summed E-state index contributed by atoms with van der Waals surface area (Å²) in [5.41, 5.74) is 0. The Morgan fingerprint density at radius 2 is 1.62 bits per heavy atom. The molecule has 0 bridgehead atoms. The van der Waals surface area contributed by atoms with Crippen LogP contribution < -0.4 is 0 Å². The van der Waals surface area contributed by atoms with E-state index in [2.05, 4.69) is 0 Å². The van der Waals surface area contributed by atoms with Gasteiger partial charge in [0.1, 0.15) is 10.7 Å². The average Bonchev–Trinajstić information content (AvgIpc) is 2.12. The average molecular weight is 133 g/mol. The van der Waals surface area contributed by atoms with Crippen molar-refractivity contribution in [1.82, 2.24) is 0 Å². The predicted octanol–water partition coefficient (Wildman–Crippen LogP) is 0.704. The molecule has 1 saturated carbocycles. The first kappa shape index (κ1) is 6.08. The van der Waals surface area contributed by atoms with Crippen LogP contribution in [0.3, 0.4) is 0 Å². The van der Waals surface area contributed by atoms with Gasteiger partial charge in [-0.15, -0.1) is 0 Å². The molecule has 0 heterocycles. The Kier molecular flexibility index (Phi) is 1.89. The van der Waals surface area contributed by atoms with E-state index in [0.29, 0.717) is 0 Å². The zero-order valence-corrected chi connectivity index (χ0v) is 5.49. The molecule has 0 aromatic rings. The molecule has 2 nitrogen and oxygen atoms in total. The lowest BCUT2D eigenvalue weighted by atomic mass is 10.4. The third kappa shape index (κ3) is 1.22. The highest BCUT2D eigenvalue weighted by Gasteiger charge is 2.17. The molecule has 0 spiro atoms. The van der Waals surface area contributed by atoms with Crippen LogP contribution in [0.2, 0.25) is 0 Å². The molecule has 1 rings (SSSR count). The first-order valence-electron chi connectivity index (χ1n) is 2.80. The maximum absolute atomic E-state index is 10.2. The first-order chi connectivity index (χ1) is 3.80. The third-order valence-corrected chi connectivity index (χ3v) is 2.40. The van der Waals surface area contributed by atoms with Gasteiger partial charge in [0.05, 0.1) is 5.25 Å². The minimum absolute atomic E-state index is 0.750. The highest BCUT2D eigenvalue weighted by molar-refractivity contribution is 7.75. The highest BCUT2D eigenvalue weighted by Crippen LogP contribution is 2.26. The van der Waals surface area contributed by atoms with Crippen molar-refractivity contribution < 1.29 is 8.42 Å². The predicted molar refractivity (Wildman–Crippen MR) is 32.0 cm³/mol. The molecule has 0 N–H and O–H groups in total. The van der Waals surface area contributed by atoms with Crippen LogP contribution >= 0.6 is 0 Å². The molecule has 0 unspecified atom stereocenters. The van der Waals surface area contributed by atoms with Gasteiger partial charge in [-0.25, -0.2) is 8.42 Å². The summed E-state index contributed by atoms with van der Waals surface area (Å²) in [5, 5.41) is 0.750. The summed E-state index contributed by atoms with van der Waals surface area (Å²) in [6.07, 6.45) is 3.77. The lowest BCUT2D eigenvalue weighted by Gasteiger charge is -1.91. The van der Waals surface area contributed by atoms with Gasteiger partial charge in [0.25, 0.3) is 0 Å². The minimum Gasteiger partial charge on any atom is -0.231 e. The summed E-state index contributed by atoms with van der Waals surface area (Å²) < 4.78 is 20.4. The summed E-state index contributed by atoms with van der Waals surface area (Å²) in [7, 11) is -2.18. The summed E-state index contributed by atoms with van der Waals surface area (Å²) in [4.78, 5) is 0. The molecule has 1 aliphatic rings. The van der Waals surface area contributed by atoms with Crippen molar-refractivity contribution >= 4 is 10.7 Å². The van der Waals surface area contributed by atoms with Crippen LogP contribution in [0.5, 0.6) is 0 Å². The number of rotatable bonds is 1. The van der Waals surface area contributed by atoms with E-state index < -0.39 is 10.7 Å². The first-order valence-corrected chi connectivity index (χ1v) is 3.97. The highest BCUT2D eigenvalue weighted by atomic mass is 32.2. The second-order valence-electron chi connectivity index (χ2n) is 2.03. The molecule has 0 atom stereocenters. The van der Waals surface area contributed by atoms with E-state index >= 15 is 0 Å². The standard InChI is InChI=1S/C5H9O2S/c6-8(7)5-3-1-2-4-5/h8H,1-4H2. The fraction of sp³-hybridized carbons (Fsp3) is 0.800. The smallest absolute Gasteiger partial charge is 0.147 e. The lowest BCUT2D eigenvalue weighted by molar-refractivity contribution is 0.612. The van der Waals surface area contributed by atoms with Gasteiger partial charge >= 0.3 is 0 Å². The quantitative estimate of drug-likeness (QED) is 0.534. The van der Waals surface area contributed by atoms with Gasteiger partial charge in [0, 0.05) is 0 Å². The molecule has 0 aromatic carbocycles. The molecular weight excluding hydrogens is 124 g/mol. The van der Waals surface area contributed by atoms with Crippen molar-refractivity contribution in [3.05, 3.63) is 5.25 Å². The summed E-state index contributed by atoms with van der Waals surface area (Å²) in [6, 6.07) is 0. The second kappa shape index (κ2) is 2.49. The van der Waals surface area contributed by atoms with Gasteiger partial charge in [0.2, 0.25) is 0 Å². The van der Waals surface area contributed by atoms with Gasteiger partial charge in [0.15, 0.2) is 0 Å². The summed E-state index contributed by atoms with van der Waals surface area (Å²) in [6.45, 7) is 0. The molecule has 0 saturated heterocycles. The van der Waals surface area contributed by atoms with E-state index in [4.69, 9.17) is 0 Å². The van der Waals surface area contributed by atoms with Crippen molar-refractivity contribution in [2.75, 3.05) is 0 Å². The fourth-order valence-electron chi connectivity index (χ4n) is 0.966. The Bertz CT molecular complexity index is 125. The SMILES string of the molecule is O=[SH](=O)[C]1CCCC1. The van der Waals surface area contributed by atoms with Crippen molar-refractivity contribution in [1.29, 1.82) is 0 Å². The van der Waals surface area contributed by atoms with Crippen molar-refractivity contribution in [2.45, 2.75) is 25.7 Å². The van der Waals surface area contributed by atoms with Crippen LogP contribution in [0.1, 0.15) is 25.7 Å². The molecule has 0 amide bonds. The molecule has 1 aliphatic carbocycles. The molecule has 1 radical (unpaired) electrons. The molecule has 3 heteroatoms. The molecule has 1 fully saturated rings. The van der Waals surface area contributed by atoms with Gasteiger partial charge in [-0.3, -0.25) is 0 Å². The Labute approximate surface area is 50.9 Å². The van der Waals surface area contributed by atoms with Crippen LogP contribution in [0.15, 0.2) is 0 Å². The summed E-state index contributed by atoms with van der Waals surface area (Å²) in [5.74, 6) is 0. The van der Waals surface area contributed by atoms with E-state index in [0.717, 1.165) is 30.9 Å². The van der Waals surface area contributed by atoms with Crippen molar-refractivity contribution in [3.8, 4) is 0 Å².